The highest BCUT2D eigenvalue weighted by Crippen LogP contribution is 2.13. The fraction of sp³-hybridized carbons (Fsp3) is 0.417. The highest BCUT2D eigenvalue weighted by molar-refractivity contribution is 6.30. The van der Waals surface area contributed by atoms with E-state index in [1.807, 2.05) is 24.3 Å². The third-order valence-corrected chi connectivity index (χ3v) is 2.73. The van der Waals surface area contributed by atoms with E-state index in [1.165, 1.54) is 0 Å². The van der Waals surface area contributed by atoms with Crippen LogP contribution in [-0.4, -0.2) is 24.2 Å². The van der Waals surface area contributed by atoms with Crippen LogP contribution in [0.3, 0.4) is 0 Å². The zero-order chi connectivity index (χ0) is 12.0. The van der Waals surface area contributed by atoms with Crippen LogP contribution in [0.2, 0.25) is 5.02 Å². The Hall–Kier alpha value is -1.06. The van der Waals surface area contributed by atoms with Gasteiger partial charge in [-0.3, -0.25) is 4.79 Å². The van der Waals surface area contributed by atoms with E-state index in [4.69, 9.17) is 16.7 Å². The Bertz CT molecular complexity index is 355. The second-order valence-electron chi connectivity index (χ2n) is 3.70. The van der Waals surface area contributed by atoms with Crippen LogP contribution in [0.25, 0.3) is 0 Å². The van der Waals surface area contributed by atoms with Crippen molar-refractivity contribution >= 4 is 17.6 Å². The van der Waals surface area contributed by atoms with Gasteiger partial charge in [0.2, 0.25) is 0 Å². The summed E-state index contributed by atoms with van der Waals surface area (Å²) in [6.45, 7) is 0. The summed E-state index contributed by atoms with van der Waals surface area (Å²) in [4.78, 5) is 10.7. The number of aryl methyl sites for hydroxylation is 1. The lowest BCUT2D eigenvalue weighted by atomic mass is 10.0. The molecule has 1 aromatic carbocycles. The summed E-state index contributed by atoms with van der Waals surface area (Å²) in [5.41, 5.74) is 1.15. The minimum Gasteiger partial charge on any atom is -0.480 e. The molecular formula is C12H16ClNO2. The molecule has 0 bridgehead atoms. The third-order valence-electron chi connectivity index (χ3n) is 2.49. The summed E-state index contributed by atoms with van der Waals surface area (Å²) in [7, 11) is 1.66. The van der Waals surface area contributed by atoms with Gasteiger partial charge in [-0.2, -0.15) is 0 Å². The molecule has 1 atom stereocenters. The SMILES string of the molecule is CN[C@@H](CCCc1cccc(Cl)c1)C(=O)O. The van der Waals surface area contributed by atoms with E-state index in [9.17, 15) is 4.79 Å². The number of carboxylic acids is 1. The van der Waals surface area contributed by atoms with Gasteiger partial charge in [0.25, 0.3) is 0 Å². The summed E-state index contributed by atoms with van der Waals surface area (Å²) in [6, 6.07) is 7.19. The maximum Gasteiger partial charge on any atom is 0.320 e. The fourth-order valence-electron chi connectivity index (χ4n) is 1.59. The Morgan fingerprint density at radius 2 is 2.31 bits per heavy atom. The zero-order valence-corrected chi connectivity index (χ0v) is 10.00. The van der Waals surface area contributed by atoms with Gasteiger partial charge in [-0.15, -0.1) is 0 Å². The molecule has 0 fully saturated rings. The fourth-order valence-corrected chi connectivity index (χ4v) is 1.81. The zero-order valence-electron chi connectivity index (χ0n) is 9.24. The number of benzene rings is 1. The van der Waals surface area contributed by atoms with Gasteiger partial charge in [0.05, 0.1) is 0 Å². The van der Waals surface area contributed by atoms with Crippen molar-refractivity contribution in [1.82, 2.24) is 5.32 Å². The van der Waals surface area contributed by atoms with Crippen molar-refractivity contribution in [3.8, 4) is 0 Å². The molecule has 0 aliphatic heterocycles. The summed E-state index contributed by atoms with van der Waals surface area (Å²) in [5, 5.41) is 12.3. The van der Waals surface area contributed by atoms with Gasteiger partial charge >= 0.3 is 5.97 Å². The van der Waals surface area contributed by atoms with Crippen molar-refractivity contribution in [3.05, 3.63) is 34.9 Å². The molecule has 0 radical (unpaired) electrons. The first-order chi connectivity index (χ1) is 7.63. The number of aliphatic carboxylic acids is 1. The quantitative estimate of drug-likeness (QED) is 0.804. The number of carboxylic acid groups (broad SMARTS) is 1. The Labute approximate surface area is 100 Å². The number of hydrogen-bond donors (Lipinski definition) is 2. The van der Waals surface area contributed by atoms with Crippen LogP contribution < -0.4 is 5.32 Å². The molecule has 3 nitrogen and oxygen atoms in total. The van der Waals surface area contributed by atoms with Gasteiger partial charge < -0.3 is 10.4 Å². The van der Waals surface area contributed by atoms with E-state index in [2.05, 4.69) is 5.32 Å². The lowest BCUT2D eigenvalue weighted by Crippen LogP contribution is -2.33. The molecule has 0 amide bonds. The first kappa shape index (κ1) is 13.0. The smallest absolute Gasteiger partial charge is 0.320 e. The van der Waals surface area contributed by atoms with Crippen LogP contribution >= 0.6 is 11.6 Å². The molecule has 0 aliphatic rings. The largest absolute Gasteiger partial charge is 0.480 e. The second-order valence-corrected chi connectivity index (χ2v) is 4.14. The molecule has 2 N–H and O–H groups in total. The van der Waals surface area contributed by atoms with E-state index in [0.29, 0.717) is 6.42 Å². The number of hydrogen-bond acceptors (Lipinski definition) is 2. The molecule has 0 heterocycles. The predicted molar refractivity (Wildman–Crippen MR) is 64.9 cm³/mol. The molecule has 0 aromatic heterocycles. The van der Waals surface area contributed by atoms with E-state index in [0.717, 1.165) is 23.4 Å². The molecular weight excluding hydrogens is 226 g/mol. The van der Waals surface area contributed by atoms with Gasteiger partial charge in [0.15, 0.2) is 0 Å². The molecule has 88 valence electrons. The minimum absolute atomic E-state index is 0.459. The Morgan fingerprint density at radius 3 is 2.88 bits per heavy atom. The molecule has 0 unspecified atom stereocenters. The summed E-state index contributed by atoms with van der Waals surface area (Å²) in [6.07, 6.45) is 2.31. The number of halogens is 1. The highest BCUT2D eigenvalue weighted by Gasteiger charge is 2.13. The van der Waals surface area contributed by atoms with Gasteiger partial charge in [0.1, 0.15) is 6.04 Å². The predicted octanol–water partition coefficient (Wildman–Crippen LogP) is 2.34. The van der Waals surface area contributed by atoms with Crippen molar-refractivity contribution in [2.45, 2.75) is 25.3 Å². The lowest BCUT2D eigenvalue weighted by Gasteiger charge is -2.10. The molecule has 1 rings (SSSR count). The normalized spacial score (nSPS) is 12.4. The Kier molecular flexibility index (Phi) is 5.29. The van der Waals surface area contributed by atoms with Crippen molar-refractivity contribution in [1.29, 1.82) is 0 Å². The molecule has 0 aliphatic carbocycles. The average molecular weight is 242 g/mol. The van der Waals surface area contributed by atoms with Crippen LogP contribution in [0, 0.1) is 0 Å². The van der Waals surface area contributed by atoms with Crippen LogP contribution in [-0.2, 0) is 11.2 Å². The summed E-state index contributed by atoms with van der Waals surface area (Å²) >= 11 is 5.86. The molecule has 1 aromatic rings. The van der Waals surface area contributed by atoms with Crippen LogP contribution in [0.5, 0.6) is 0 Å². The summed E-state index contributed by atoms with van der Waals surface area (Å²) in [5.74, 6) is -0.798. The summed E-state index contributed by atoms with van der Waals surface area (Å²) < 4.78 is 0. The van der Waals surface area contributed by atoms with Gasteiger partial charge in [-0.1, -0.05) is 23.7 Å². The van der Waals surface area contributed by atoms with Crippen molar-refractivity contribution < 1.29 is 9.90 Å². The first-order valence-electron chi connectivity index (χ1n) is 5.28. The van der Waals surface area contributed by atoms with Gasteiger partial charge in [0, 0.05) is 5.02 Å². The van der Waals surface area contributed by atoms with Crippen molar-refractivity contribution in [3.63, 3.8) is 0 Å². The lowest BCUT2D eigenvalue weighted by molar-refractivity contribution is -0.139. The van der Waals surface area contributed by atoms with Crippen molar-refractivity contribution in [2.24, 2.45) is 0 Å². The van der Waals surface area contributed by atoms with Crippen LogP contribution in [0.1, 0.15) is 18.4 Å². The Balaban J connectivity index is 2.38. The third kappa shape index (κ3) is 4.21. The monoisotopic (exact) mass is 241 g/mol. The molecule has 0 spiro atoms. The molecule has 0 saturated heterocycles. The topological polar surface area (TPSA) is 49.3 Å². The van der Waals surface area contributed by atoms with E-state index in [1.54, 1.807) is 7.05 Å². The Morgan fingerprint density at radius 1 is 1.56 bits per heavy atom. The van der Waals surface area contributed by atoms with Crippen LogP contribution in [0.15, 0.2) is 24.3 Å². The number of carbonyl (C=O) groups is 1. The van der Waals surface area contributed by atoms with Gasteiger partial charge in [-0.25, -0.2) is 0 Å². The standard InChI is InChI=1S/C12H16ClNO2/c1-14-11(12(15)16)7-3-5-9-4-2-6-10(13)8-9/h2,4,6,8,11,14H,3,5,7H2,1H3,(H,15,16)/t11-/m0/s1. The highest BCUT2D eigenvalue weighted by atomic mass is 35.5. The minimum atomic E-state index is -0.798. The van der Waals surface area contributed by atoms with E-state index >= 15 is 0 Å². The number of likely N-dealkylation sites (N-methyl/N-ethyl adjacent to an activating group) is 1. The maximum atomic E-state index is 10.7. The van der Waals surface area contributed by atoms with Gasteiger partial charge in [-0.05, 0) is 44.0 Å². The van der Waals surface area contributed by atoms with E-state index < -0.39 is 12.0 Å². The number of nitrogens with one attached hydrogen (secondary N) is 1. The second kappa shape index (κ2) is 6.51. The molecule has 0 saturated carbocycles. The van der Waals surface area contributed by atoms with Crippen LogP contribution in [0.4, 0.5) is 0 Å². The maximum absolute atomic E-state index is 10.7. The van der Waals surface area contributed by atoms with Crippen molar-refractivity contribution in [2.75, 3.05) is 7.05 Å². The first-order valence-corrected chi connectivity index (χ1v) is 5.66. The van der Waals surface area contributed by atoms with E-state index in [-0.39, 0.29) is 0 Å². The average Bonchev–Trinajstić information content (AvgIpc) is 2.24. The number of rotatable bonds is 6. The molecule has 16 heavy (non-hydrogen) atoms. The molecule has 4 heteroatoms.